The van der Waals surface area contributed by atoms with Gasteiger partial charge < -0.3 is 4.74 Å². The fraction of sp³-hybridized carbons (Fsp3) is 0.0435. The lowest BCUT2D eigenvalue weighted by molar-refractivity contribution is 0.486. The Morgan fingerprint density at radius 3 is 2.38 bits per heavy atom. The molecule has 0 fully saturated rings. The molecule has 1 heteroatoms. The zero-order valence-corrected chi connectivity index (χ0v) is 13.0. The third-order valence-electron chi connectivity index (χ3n) is 5.27. The second kappa shape index (κ2) is 4.27. The van der Waals surface area contributed by atoms with Crippen LogP contribution in [0.1, 0.15) is 11.1 Å². The lowest BCUT2D eigenvalue weighted by Crippen LogP contribution is -1.98. The zero-order chi connectivity index (χ0) is 15.7. The molecule has 0 saturated carbocycles. The summed E-state index contributed by atoms with van der Waals surface area (Å²) in [6, 6.07) is 26.0. The van der Waals surface area contributed by atoms with Crippen LogP contribution in [0.5, 0.6) is 11.5 Å². The Balaban J connectivity index is 1.69. The molecule has 1 aliphatic carbocycles. The quantitative estimate of drug-likeness (QED) is 0.325. The van der Waals surface area contributed by atoms with Crippen molar-refractivity contribution in [3.05, 3.63) is 83.9 Å². The highest BCUT2D eigenvalue weighted by Gasteiger charge is 2.25. The summed E-state index contributed by atoms with van der Waals surface area (Å²) in [7, 11) is 0. The number of fused-ring (bicyclic) bond motifs is 5. The first-order valence-electron chi connectivity index (χ1n) is 8.34. The van der Waals surface area contributed by atoms with E-state index in [9.17, 15) is 0 Å². The van der Waals surface area contributed by atoms with Gasteiger partial charge in [0.2, 0.25) is 0 Å². The summed E-state index contributed by atoms with van der Waals surface area (Å²) in [6.45, 7) is 0. The first-order chi connectivity index (χ1) is 11.9. The number of hydrogen-bond acceptors (Lipinski definition) is 1. The normalized spacial score (nSPS) is 13.2. The molecule has 112 valence electrons. The number of hydrogen-bond donors (Lipinski definition) is 0. The maximum absolute atomic E-state index is 6.27. The smallest absolute Gasteiger partial charge is 0.135 e. The predicted molar refractivity (Wildman–Crippen MR) is 97.7 cm³/mol. The van der Waals surface area contributed by atoms with Crippen LogP contribution in [0, 0.1) is 0 Å². The lowest BCUT2D eigenvalue weighted by Gasteiger charge is -2.22. The fourth-order valence-corrected chi connectivity index (χ4v) is 4.19. The average Bonchev–Trinajstić information content (AvgIpc) is 2.98. The van der Waals surface area contributed by atoms with E-state index < -0.39 is 0 Å². The van der Waals surface area contributed by atoms with E-state index >= 15 is 0 Å². The van der Waals surface area contributed by atoms with Crippen molar-refractivity contribution < 1.29 is 4.74 Å². The summed E-state index contributed by atoms with van der Waals surface area (Å²) in [5, 5.41) is 2.45. The van der Waals surface area contributed by atoms with Crippen LogP contribution in [0.25, 0.3) is 33.0 Å². The van der Waals surface area contributed by atoms with E-state index in [2.05, 4.69) is 72.8 Å². The molecule has 4 aromatic rings. The SMILES string of the molecule is c1ccc2c(c1)Cc1cc3c(cc1-2)-c1cccc2cccc(c12)O3. The highest BCUT2D eigenvalue weighted by molar-refractivity contribution is 6.05. The molecular formula is C23H14O. The third-order valence-corrected chi connectivity index (χ3v) is 5.27. The van der Waals surface area contributed by atoms with Crippen LogP contribution in [-0.2, 0) is 6.42 Å². The van der Waals surface area contributed by atoms with Crippen molar-refractivity contribution in [3.63, 3.8) is 0 Å². The van der Waals surface area contributed by atoms with Crippen molar-refractivity contribution in [2.45, 2.75) is 6.42 Å². The van der Waals surface area contributed by atoms with Crippen molar-refractivity contribution in [2.75, 3.05) is 0 Å². The van der Waals surface area contributed by atoms with E-state index in [1.54, 1.807) is 0 Å². The van der Waals surface area contributed by atoms with Gasteiger partial charge in [0.1, 0.15) is 11.5 Å². The van der Waals surface area contributed by atoms with Crippen LogP contribution in [0.4, 0.5) is 0 Å². The Kier molecular flexibility index (Phi) is 2.20. The molecule has 0 atom stereocenters. The van der Waals surface area contributed by atoms with Gasteiger partial charge in [0, 0.05) is 10.9 Å². The Morgan fingerprint density at radius 1 is 0.583 bits per heavy atom. The minimum atomic E-state index is 0.964. The summed E-state index contributed by atoms with van der Waals surface area (Å²) < 4.78 is 6.27. The molecule has 1 heterocycles. The van der Waals surface area contributed by atoms with Gasteiger partial charge in [-0.1, -0.05) is 54.6 Å². The van der Waals surface area contributed by atoms with Gasteiger partial charge in [0.15, 0.2) is 0 Å². The Bertz CT molecular complexity index is 1150. The Hall–Kier alpha value is -3.06. The van der Waals surface area contributed by atoms with Gasteiger partial charge in [0.05, 0.1) is 0 Å². The molecule has 24 heavy (non-hydrogen) atoms. The summed E-state index contributed by atoms with van der Waals surface area (Å²) >= 11 is 0. The molecular weight excluding hydrogens is 292 g/mol. The van der Waals surface area contributed by atoms with Gasteiger partial charge in [-0.25, -0.2) is 0 Å². The topological polar surface area (TPSA) is 9.23 Å². The molecule has 0 radical (unpaired) electrons. The van der Waals surface area contributed by atoms with E-state index in [1.165, 1.54) is 44.2 Å². The molecule has 0 bridgehead atoms. The largest absolute Gasteiger partial charge is 0.456 e. The maximum Gasteiger partial charge on any atom is 0.135 e. The van der Waals surface area contributed by atoms with Crippen LogP contribution in [-0.4, -0.2) is 0 Å². The van der Waals surface area contributed by atoms with Crippen molar-refractivity contribution in [2.24, 2.45) is 0 Å². The molecule has 1 nitrogen and oxygen atoms in total. The van der Waals surface area contributed by atoms with Gasteiger partial charge >= 0.3 is 0 Å². The number of rotatable bonds is 0. The van der Waals surface area contributed by atoms with Gasteiger partial charge in [-0.15, -0.1) is 0 Å². The second-order valence-electron chi connectivity index (χ2n) is 6.60. The van der Waals surface area contributed by atoms with Crippen molar-refractivity contribution in [3.8, 4) is 33.8 Å². The summed E-state index contributed by atoms with van der Waals surface area (Å²) in [4.78, 5) is 0. The highest BCUT2D eigenvalue weighted by Crippen LogP contribution is 2.50. The second-order valence-corrected chi connectivity index (χ2v) is 6.60. The molecule has 6 rings (SSSR count). The number of benzene rings is 4. The van der Waals surface area contributed by atoms with Crippen molar-refractivity contribution in [1.29, 1.82) is 0 Å². The van der Waals surface area contributed by atoms with Gasteiger partial charge in [-0.3, -0.25) is 0 Å². The Morgan fingerprint density at radius 2 is 1.42 bits per heavy atom. The first-order valence-corrected chi connectivity index (χ1v) is 8.34. The zero-order valence-electron chi connectivity index (χ0n) is 13.0. The summed E-state index contributed by atoms with van der Waals surface area (Å²) in [5.74, 6) is 1.94. The van der Waals surface area contributed by atoms with Crippen LogP contribution >= 0.6 is 0 Å². The molecule has 4 aromatic carbocycles. The molecule has 0 N–H and O–H groups in total. The lowest BCUT2D eigenvalue weighted by atomic mass is 9.92. The van der Waals surface area contributed by atoms with Gasteiger partial charge in [-0.2, -0.15) is 0 Å². The van der Waals surface area contributed by atoms with E-state index in [-0.39, 0.29) is 0 Å². The van der Waals surface area contributed by atoms with E-state index in [1.807, 2.05) is 0 Å². The molecule has 2 aliphatic rings. The minimum absolute atomic E-state index is 0.964. The Labute approximate surface area is 140 Å². The first kappa shape index (κ1) is 12.4. The van der Waals surface area contributed by atoms with E-state index in [4.69, 9.17) is 4.74 Å². The van der Waals surface area contributed by atoms with Crippen LogP contribution < -0.4 is 4.74 Å². The monoisotopic (exact) mass is 306 g/mol. The molecule has 0 unspecified atom stereocenters. The van der Waals surface area contributed by atoms with Gasteiger partial charge in [-0.05, 0) is 57.8 Å². The standard InChI is InChI=1S/C23H14O/c1-2-8-17-15(5-1)11-16-12-22-20(13-19(16)17)18-9-3-6-14-7-4-10-21(24-22)23(14)18/h1-10,12-13H,11H2. The maximum atomic E-state index is 6.27. The molecule has 0 saturated heterocycles. The molecule has 1 aliphatic heterocycles. The van der Waals surface area contributed by atoms with Gasteiger partial charge in [0.25, 0.3) is 0 Å². The highest BCUT2D eigenvalue weighted by atomic mass is 16.5. The van der Waals surface area contributed by atoms with Crippen molar-refractivity contribution >= 4 is 10.8 Å². The summed E-state index contributed by atoms with van der Waals surface area (Å²) in [5.41, 5.74) is 7.96. The molecule has 0 aromatic heterocycles. The van der Waals surface area contributed by atoms with Crippen LogP contribution in [0.3, 0.4) is 0 Å². The van der Waals surface area contributed by atoms with Crippen molar-refractivity contribution in [1.82, 2.24) is 0 Å². The van der Waals surface area contributed by atoms with E-state index in [0.29, 0.717) is 0 Å². The average molecular weight is 306 g/mol. The predicted octanol–water partition coefficient (Wildman–Crippen LogP) is 6.18. The fourth-order valence-electron chi connectivity index (χ4n) is 4.19. The minimum Gasteiger partial charge on any atom is -0.456 e. The molecule has 0 spiro atoms. The number of ether oxygens (including phenoxy) is 1. The third kappa shape index (κ3) is 1.49. The van der Waals surface area contributed by atoms with E-state index in [0.717, 1.165) is 17.9 Å². The molecule has 0 amide bonds. The van der Waals surface area contributed by atoms with Crippen LogP contribution in [0.15, 0.2) is 72.8 Å². The van der Waals surface area contributed by atoms with Crippen LogP contribution in [0.2, 0.25) is 0 Å². The summed E-state index contributed by atoms with van der Waals surface area (Å²) in [6.07, 6.45) is 0.994.